The standard InChI is InChI=1S/C19H28N6O/c1-13(2)22-19(26)14-7-10-24(11-8-14)17-16-18(21-12-20-17)25-9-5-3-4-6-15(25)23-16/h12-14H,3-11H2,1-2H3,(H,22,26). The smallest absolute Gasteiger partial charge is 0.223 e. The van der Waals surface area contributed by atoms with Gasteiger partial charge in [-0.2, -0.15) is 0 Å². The van der Waals surface area contributed by atoms with E-state index >= 15 is 0 Å². The first-order valence-corrected chi connectivity index (χ1v) is 9.89. The van der Waals surface area contributed by atoms with Crippen LogP contribution in [0.2, 0.25) is 0 Å². The zero-order chi connectivity index (χ0) is 18.1. The summed E-state index contributed by atoms with van der Waals surface area (Å²) in [4.78, 5) is 28.5. The Bertz CT molecular complexity index is 791. The molecule has 0 spiro atoms. The fourth-order valence-corrected chi connectivity index (χ4v) is 4.11. The minimum Gasteiger partial charge on any atom is -0.355 e. The van der Waals surface area contributed by atoms with E-state index in [-0.39, 0.29) is 17.9 Å². The number of imidazole rings is 1. The number of carbonyl (C=O) groups excluding carboxylic acids is 1. The maximum atomic E-state index is 12.3. The van der Waals surface area contributed by atoms with Crippen LogP contribution in [0.4, 0.5) is 5.82 Å². The molecule has 0 aliphatic carbocycles. The Kier molecular flexibility index (Phi) is 4.78. The zero-order valence-corrected chi connectivity index (χ0v) is 15.7. The van der Waals surface area contributed by atoms with Crippen molar-refractivity contribution in [2.24, 2.45) is 5.92 Å². The van der Waals surface area contributed by atoms with Crippen LogP contribution in [0.25, 0.3) is 11.2 Å². The first-order valence-electron chi connectivity index (χ1n) is 9.89. The van der Waals surface area contributed by atoms with E-state index in [9.17, 15) is 4.79 Å². The summed E-state index contributed by atoms with van der Waals surface area (Å²) >= 11 is 0. The second kappa shape index (κ2) is 7.21. The van der Waals surface area contributed by atoms with E-state index in [2.05, 4.69) is 24.8 Å². The van der Waals surface area contributed by atoms with Crippen LogP contribution < -0.4 is 10.2 Å². The molecule has 26 heavy (non-hydrogen) atoms. The molecule has 7 heteroatoms. The number of carbonyl (C=O) groups is 1. The molecule has 0 atom stereocenters. The Hall–Kier alpha value is -2.18. The molecule has 4 rings (SSSR count). The van der Waals surface area contributed by atoms with Crippen LogP contribution in [-0.4, -0.2) is 44.6 Å². The lowest BCUT2D eigenvalue weighted by molar-refractivity contribution is -0.126. The molecule has 0 radical (unpaired) electrons. The van der Waals surface area contributed by atoms with E-state index < -0.39 is 0 Å². The highest BCUT2D eigenvalue weighted by molar-refractivity contribution is 5.84. The average Bonchev–Trinajstić information content (AvgIpc) is 2.82. The van der Waals surface area contributed by atoms with Gasteiger partial charge in [0.25, 0.3) is 0 Å². The number of piperidine rings is 1. The number of aromatic nitrogens is 4. The van der Waals surface area contributed by atoms with Crippen LogP contribution in [-0.2, 0) is 17.8 Å². The number of hydrogen-bond donors (Lipinski definition) is 1. The van der Waals surface area contributed by atoms with E-state index in [4.69, 9.17) is 4.98 Å². The molecule has 4 heterocycles. The van der Waals surface area contributed by atoms with Crippen molar-refractivity contribution < 1.29 is 4.79 Å². The number of aryl methyl sites for hydroxylation is 2. The molecular weight excluding hydrogens is 328 g/mol. The molecule has 140 valence electrons. The van der Waals surface area contributed by atoms with Crippen LogP contribution in [0, 0.1) is 5.92 Å². The fourth-order valence-electron chi connectivity index (χ4n) is 4.11. The van der Waals surface area contributed by atoms with Crippen molar-refractivity contribution in [2.75, 3.05) is 18.0 Å². The minimum absolute atomic E-state index is 0.102. The number of amides is 1. The molecular formula is C19H28N6O. The Morgan fingerprint density at radius 3 is 2.73 bits per heavy atom. The van der Waals surface area contributed by atoms with Gasteiger partial charge in [0.1, 0.15) is 12.2 Å². The molecule has 2 aliphatic rings. The summed E-state index contributed by atoms with van der Waals surface area (Å²) in [5.41, 5.74) is 1.89. The third-order valence-corrected chi connectivity index (χ3v) is 5.47. The van der Waals surface area contributed by atoms with Gasteiger partial charge in [0, 0.05) is 38.0 Å². The first kappa shape index (κ1) is 17.2. The Morgan fingerprint density at radius 2 is 1.96 bits per heavy atom. The lowest BCUT2D eigenvalue weighted by Gasteiger charge is -2.32. The summed E-state index contributed by atoms with van der Waals surface area (Å²) in [5, 5.41) is 3.04. The van der Waals surface area contributed by atoms with Gasteiger partial charge < -0.3 is 14.8 Å². The Labute approximate surface area is 154 Å². The topological polar surface area (TPSA) is 75.9 Å². The summed E-state index contributed by atoms with van der Waals surface area (Å²) in [6.07, 6.45) is 8.04. The van der Waals surface area contributed by atoms with E-state index in [0.29, 0.717) is 0 Å². The van der Waals surface area contributed by atoms with Crippen LogP contribution >= 0.6 is 0 Å². The third-order valence-electron chi connectivity index (χ3n) is 5.47. The van der Waals surface area contributed by atoms with Crippen molar-refractivity contribution in [2.45, 2.75) is 65.0 Å². The fraction of sp³-hybridized carbons (Fsp3) is 0.684. The molecule has 0 saturated carbocycles. The number of anilines is 1. The van der Waals surface area contributed by atoms with Gasteiger partial charge in [-0.15, -0.1) is 0 Å². The number of fused-ring (bicyclic) bond motifs is 3. The number of nitrogens with one attached hydrogen (secondary N) is 1. The molecule has 7 nitrogen and oxygen atoms in total. The molecule has 2 aromatic rings. The minimum atomic E-state index is 0.102. The Morgan fingerprint density at radius 1 is 1.15 bits per heavy atom. The largest absolute Gasteiger partial charge is 0.355 e. The van der Waals surface area contributed by atoms with Gasteiger partial charge in [-0.3, -0.25) is 4.79 Å². The van der Waals surface area contributed by atoms with Gasteiger partial charge in [-0.05, 0) is 39.5 Å². The predicted octanol–water partition coefficient (Wildman–Crippen LogP) is 2.29. The van der Waals surface area contributed by atoms with Crippen LogP contribution in [0.15, 0.2) is 6.33 Å². The molecule has 1 fully saturated rings. The maximum Gasteiger partial charge on any atom is 0.223 e. The highest BCUT2D eigenvalue weighted by Gasteiger charge is 2.28. The van der Waals surface area contributed by atoms with Gasteiger partial charge in [-0.25, -0.2) is 15.0 Å². The van der Waals surface area contributed by atoms with Crippen LogP contribution in [0.5, 0.6) is 0 Å². The molecule has 0 aromatic carbocycles. The van der Waals surface area contributed by atoms with E-state index in [1.54, 1.807) is 6.33 Å². The van der Waals surface area contributed by atoms with Crippen LogP contribution in [0.3, 0.4) is 0 Å². The van der Waals surface area contributed by atoms with Gasteiger partial charge in [0.2, 0.25) is 5.91 Å². The molecule has 1 N–H and O–H groups in total. The average molecular weight is 356 g/mol. The van der Waals surface area contributed by atoms with E-state index in [1.165, 1.54) is 19.3 Å². The lowest BCUT2D eigenvalue weighted by Crippen LogP contribution is -2.42. The summed E-state index contributed by atoms with van der Waals surface area (Å²) < 4.78 is 2.27. The van der Waals surface area contributed by atoms with Crippen molar-refractivity contribution in [1.82, 2.24) is 24.8 Å². The summed E-state index contributed by atoms with van der Waals surface area (Å²) in [5.74, 6) is 2.36. The quantitative estimate of drug-likeness (QED) is 0.913. The van der Waals surface area contributed by atoms with Gasteiger partial charge >= 0.3 is 0 Å². The maximum absolute atomic E-state index is 12.3. The van der Waals surface area contributed by atoms with Crippen molar-refractivity contribution >= 4 is 22.9 Å². The SMILES string of the molecule is CC(C)NC(=O)C1CCN(c2ncnc3c2nc2n3CCCCC2)CC1. The monoisotopic (exact) mass is 356 g/mol. The van der Waals surface area contributed by atoms with E-state index in [1.807, 2.05) is 13.8 Å². The molecule has 0 bridgehead atoms. The number of nitrogens with zero attached hydrogens (tertiary/aromatic N) is 5. The van der Waals surface area contributed by atoms with Gasteiger partial charge in [-0.1, -0.05) is 6.42 Å². The highest BCUT2D eigenvalue weighted by Crippen LogP contribution is 2.29. The molecule has 2 aromatic heterocycles. The van der Waals surface area contributed by atoms with Crippen molar-refractivity contribution in [3.05, 3.63) is 12.2 Å². The predicted molar refractivity (Wildman–Crippen MR) is 101 cm³/mol. The molecule has 0 unspecified atom stereocenters. The van der Waals surface area contributed by atoms with Gasteiger partial charge in [0.05, 0.1) is 0 Å². The first-order chi connectivity index (χ1) is 12.6. The normalized spacial score (nSPS) is 18.8. The molecule has 1 amide bonds. The zero-order valence-electron chi connectivity index (χ0n) is 15.7. The van der Waals surface area contributed by atoms with E-state index in [0.717, 1.165) is 61.7 Å². The summed E-state index contributed by atoms with van der Waals surface area (Å²) in [6.45, 7) is 6.69. The van der Waals surface area contributed by atoms with Crippen LogP contribution in [0.1, 0.15) is 51.8 Å². The lowest BCUT2D eigenvalue weighted by atomic mass is 9.95. The van der Waals surface area contributed by atoms with Gasteiger partial charge in [0.15, 0.2) is 17.0 Å². The third kappa shape index (κ3) is 3.27. The highest BCUT2D eigenvalue weighted by atomic mass is 16.1. The second-order valence-corrected chi connectivity index (χ2v) is 7.78. The summed E-state index contributed by atoms with van der Waals surface area (Å²) in [7, 11) is 0. The second-order valence-electron chi connectivity index (χ2n) is 7.78. The Balaban J connectivity index is 1.54. The molecule has 1 saturated heterocycles. The van der Waals surface area contributed by atoms with Crippen molar-refractivity contribution in [1.29, 1.82) is 0 Å². The number of hydrogen-bond acceptors (Lipinski definition) is 5. The van der Waals surface area contributed by atoms with Crippen molar-refractivity contribution in [3.8, 4) is 0 Å². The van der Waals surface area contributed by atoms with Crippen molar-refractivity contribution in [3.63, 3.8) is 0 Å². The molecule has 2 aliphatic heterocycles. The summed E-state index contributed by atoms with van der Waals surface area (Å²) in [6, 6.07) is 0.197. The number of rotatable bonds is 3.